The van der Waals surface area contributed by atoms with E-state index in [0.717, 1.165) is 50.0 Å². The van der Waals surface area contributed by atoms with Gasteiger partial charge in [-0.25, -0.2) is 14.2 Å². The number of carboxylic acids is 1. The first-order valence-corrected chi connectivity index (χ1v) is 14.1. The number of carbonyl (C=O) groups is 2. The maximum absolute atomic E-state index is 14.5. The van der Waals surface area contributed by atoms with Crippen molar-refractivity contribution in [1.82, 2.24) is 14.9 Å². The number of nitrogens with two attached hydrogens (primary N) is 1. The van der Waals surface area contributed by atoms with Crippen LogP contribution in [0.1, 0.15) is 22.3 Å². The summed E-state index contributed by atoms with van der Waals surface area (Å²) in [7, 11) is 2.14. The minimum atomic E-state index is -0.879. The SMILES string of the molecule is Cc1cc(Nc2ncc(F)c(NC3C4C=CC(C4)C3C(N)=O)n2)ccc1N1CCN(C)CC1.O=C(O)c1ccccc1. The monoisotopic (exact) mass is 573 g/mol. The number of rotatable bonds is 7. The van der Waals surface area contributed by atoms with Crippen LogP contribution in [0.3, 0.4) is 0 Å². The number of hydrogen-bond donors (Lipinski definition) is 4. The van der Waals surface area contributed by atoms with Gasteiger partial charge in [0, 0.05) is 43.6 Å². The van der Waals surface area contributed by atoms with E-state index in [1.807, 2.05) is 12.1 Å². The van der Waals surface area contributed by atoms with Crippen molar-refractivity contribution in [1.29, 1.82) is 0 Å². The smallest absolute Gasteiger partial charge is 0.335 e. The number of aryl methyl sites for hydroxylation is 1. The molecule has 4 atom stereocenters. The molecule has 2 bridgehead atoms. The lowest BCUT2D eigenvalue weighted by Gasteiger charge is -2.35. The number of nitrogens with one attached hydrogen (secondary N) is 2. The van der Waals surface area contributed by atoms with E-state index < -0.39 is 11.8 Å². The third kappa shape index (κ3) is 6.52. The van der Waals surface area contributed by atoms with E-state index >= 15 is 0 Å². The van der Waals surface area contributed by atoms with Crippen molar-refractivity contribution in [3.63, 3.8) is 0 Å². The zero-order valence-corrected chi connectivity index (χ0v) is 23.7. The van der Waals surface area contributed by atoms with Crippen molar-refractivity contribution < 1.29 is 19.1 Å². The molecular weight excluding hydrogens is 537 g/mol. The van der Waals surface area contributed by atoms with Gasteiger partial charge in [-0.15, -0.1) is 0 Å². The number of anilines is 4. The second kappa shape index (κ2) is 12.6. The van der Waals surface area contributed by atoms with Crippen molar-refractivity contribution >= 4 is 35.0 Å². The van der Waals surface area contributed by atoms with Gasteiger partial charge in [0.05, 0.1) is 17.7 Å². The molecule has 1 amide bonds. The van der Waals surface area contributed by atoms with Crippen LogP contribution in [0.4, 0.5) is 27.5 Å². The number of piperazine rings is 1. The Balaban J connectivity index is 0.000000336. The fraction of sp³-hybridized carbons (Fsp3) is 0.355. The Morgan fingerprint density at radius 2 is 1.76 bits per heavy atom. The molecule has 2 aliphatic carbocycles. The average Bonchev–Trinajstić information content (AvgIpc) is 3.59. The van der Waals surface area contributed by atoms with E-state index in [2.05, 4.69) is 62.6 Å². The Morgan fingerprint density at radius 1 is 1.05 bits per heavy atom. The number of carboxylic acid groups (broad SMARTS) is 1. The predicted molar refractivity (Wildman–Crippen MR) is 160 cm³/mol. The molecule has 42 heavy (non-hydrogen) atoms. The van der Waals surface area contributed by atoms with Gasteiger partial charge in [-0.05, 0) is 68.1 Å². The van der Waals surface area contributed by atoms with E-state index in [9.17, 15) is 14.0 Å². The highest BCUT2D eigenvalue weighted by molar-refractivity contribution is 5.87. The number of halogens is 1. The van der Waals surface area contributed by atoms with Crippen molar-refractivity contribution in [3.8, 4) is 0 Å². The van der Waals surface area contributed by atoms with Crippen molar-refractivity contribution in [2.45, 2.75) is 19.4 Å². The molecule has 6 rings (SSSR count). The predicted octanol–water partition coefficient (Wildman–Crippen LogP) is 3.89. The van der Waals surface area contributed by atoms with E-state index in [-0.39, 0.29) is 35.5 Å². The molecule has 5 N–H and O–H groups in total. The third-order valence-electron chi connectivity index (χ3n) is 8.15. The van der Waals surface area contributed by atoms with Gasteiger partial charge in [-0.1, -0.05) is 30.4 Å². The molecular formula is C31H36FN7O3. The van der Waals surface area contributed by atoms with Crippen LogP contribution in [0.25, 0.3) is 0 Å². The van der Waals surface area contributed by atoms with Gasteiger partial charge in [-0.2, -0.15) is 4.98 Å². The molecule has 2 heterocycles. The fourth-order valence-corrected chi connectivity index (χ4v) is 5.94. The quantitative estimate of drug-likeness (QED) is 0.310. The van der Waals surface area contributed by atoms with Gasteiger partial charge in [0.25, 0.3) is 0 Å². The highest BCUT2D eigenvalue weighted by Gasteiger charge is 2.47. The molecule has 1 saturated carbocycles. The first kappa shape index (κ1) is 29.0. The van der Waals surface area contributed by atoms with Crippen LogP contribution in [0.2, 0.25) is 0 Å². The normalized spacial score (nSPS) is 22.8. The molecule has 1 aliphatic heterocycles. The summed E-state index contributed by atoms with van der Waals surface area (Å²) >= 11 is 0. The van der Waals surface area contributed by atoms with E-state index in [1.54, 1.807) is 30.3 Å². The number of benzene rings is 2. The van der Waals surface area contributed by atoms with Crippen LogP contribution in [-0.2, 0) is 4.79 Å². The molecule has 3 aliphatic rings. The number of hydrogen-bond acceptors (Lipinski definition) is 8. The summed E-state index contributed by atoms with van der Waals surface area (Å²) in [5, 5.41) is 14.7. The molecule has 4 unspecified atom stereocenters. The van der Waals surface area contributed by atoms with E-state index in [0.29, 0.717) is 11.5 Å². The lowest BCUT2D eigenvalue weighted by atomic mass is 9.88. The summed E-state index contributed by atoms with van der Waals surface area (Å²) in [6, 6.07) is 14.2. The Labute approximate surface area is 244 Å². The Hall–Kier alpha value is -4.51. The standard InChI is InChI=1S/C24H30FN7O.C7H6O2/c1-14-11-17(5-6-19(14)32-9-7-31(2)8-10-32)28-24-27-13-18(25)23(30-24)29-21-16-4-3-15(12-16)20(21)22(26)33;8-7(9)6-4-2-1-3-5-6/h3-6,11,13,15-16,20-21H,7-10,12H2,1-2H3,(H2,26,33)(H2,27,28,29,30);1-5H,(H,8,9). The van der Waals surface area contributed by atoms with Crippen LogP contribution in [-0.4, -0.2) is 71.1 Å². The summed E-state index contributed by atoms with van der Waals surface area (Å²) in [4.78, 5) is 35.4. The van der Waals surface area contributed by atoms with Gasteiger partial charge < -0.3 is 31.3 Å². The number of likely N-dealkylation sites (N-methyl/N-ethyl adjacent to an activating group) is 1. The highest BCUT2D eigenvalue weighted by atomic mass is 19.1. The van der Waals surface area contributed by atoms with Crippen molar-refractivity contribution in [2.75, 3.05) is 48.8 Å². The lowest BCUT2D eigenvalue weighted by molar-refractivity contribution is -0.122. The molecule has 11 heteroatoms. The number of carbonyl (C=O) groups excluding carboxylic acids is 1. The molecule has 2 fully saturated rings. The summed E-state index contributed by atoms with van der Waals surface area (Å²) in [6.07, 6.45) is 6.11. The second-order valence-electron chi connectivity index (χ2n) is 11.0. The molecule has 3 aromatic rings. The highest BCUT2D eigenvalue weighted by Crippen LogP contribution is 2.45. The van der Waals surface area contributed by atoms with Crippen LogP contribution in [0.5, 0.6) is 0 Å². The minimum Gasteiger partial charge on any atom is -0.478 e. The van der Waals surface area contributed by atoms with Crippen LogP contribution in [0.15, 0.2) is 66.9 Å². The molecule has 220 valence electrons. The first-order chi connectivity index (χ1) is 20.2. The van der Waals surface area contributed by atoms with E-state index in [4.69, 9.17) is 10.8 Å². The number of fused-ring (bicyclic) bond motifs is 2. The van der Waals surface area contributed by atoms with Gasteiger partial charge in [-0.3, -0.25) is 4.79 Å². The molecule has 10 nitrogen and oxygen atoms in total. The molecule has 1 saturated heterocycles. The summed E-state index contributed by atoms with van der Waals surface area (Å²) in [5.74, 6) is -1.55. The minimum absolute atomic E-state index is 0.0791. The number of allylic oxidation sites excluding steroid dienone is 1. The molecule has 1 aromatic heterocycles. The lowest BCUT2D eigenvalue weighted by Crippen LogP contribution is -2.44. The number of amides is 1. The summed E-state index contributed by atoms with van der Waals surface area (Å²) < 4.78 is 14.5. The number of aromatic carboxylic acids is 1. The molecule has 2 aromatic carbocycles. The Bertz CT molecular complexity index is 1460. The summed E-state index contributed by atoms with van der Waals surface area (Å²) in [6.45, 7) is 6.20. The first-order valence-electron chi connectivity index (χ1n) is 14.1. The zero-order valence-electron chi connectivity index (χ0n) is 23.7. The molecule has 0 radical (unpaired) electrons. The average molecular weight is 574 g/mol. The van der Waals surface area contributed by atoms with Gasteiger partial charge in [0.1, 0.15) is 0 Å². The maximum Gasteiger partial charge on any atom is 0.335 e. The van der Waals surface area contributed by atoms with Crippen LogP contribution in [0, 0.1) is 30.5 Å². The topological polar surface area (TPSA) is 137 Å². The van der Waals surface area contributed by atoms with Gasteiger partial charge in [0.2, 0.25) is 11.9 Å². The van der Waals surface area contributed by atoms with Crippen LogP contribution >= 0.6 is 0 Å². The van der Waals surface area contributed by atoms with Crippen molar-refractivity contribution in [3.05, 3.63) is 83.8 Å². The summed E-state index contributed by atoms with van der Waals surface area (Å²) in [5.41, 5.74) is 9.17. The van der Waals surface area contributed by atoms with Crippen molar-refractivity contribution in [2.24, 2.45) is 23.5 Å². The third-order valence-corrected chi connectivity index (χ3v) is 8.15. The number of primary amides is 1. The van der Waals surface area contributed by atoms with Gasteiger partial charge in [0.15, 0.2) is 11.6 Å². The Kier molecular flexibility index (Phi) is 8.67. The number of aromatic nitrogens is 2. The van der Waals surface area contributed by atoms with Crippen LogP contribution < -0.4 is 21.3 Å². The fourth-order valence-electron chi connectivity index (χ4n) is 5.94. The Morgan fingerprint density at radius 3 is 2.40 bits per heavy atom. The van der Waals surface area contributed by atoms with E-state index in [1.165, 1.54) is 5.69 Å². The zero-order chi connectivity index (χ0) is 29.8. The largest absolute Gasteiger partial charge is 0.478 e. The second-order valence-corrected chi connectivity index (χ2v) is 11.0. The van der Waals surface area contributed by atoms with Gasteiger partial charge >= 0.3 is 5.97 Å². The molecule has 0 spiro atoms. The number of nitrogens with zero attached hydrogens (tertiary/aromatic N) is 4. The maximum atomic E-state index is 14.5.